The second-order valence-electron chi connectivity index (χ2n) is 3.93. The number of aromatic nitrogens is 2. The molecule has 0 radical (unpaired) electrons. The van der Waals surface area contributed by atoms with Crippen LogP contribution in [0.15, 0.2) is 17.1 Å². The second kappa shape index (κ2) is 3.55. The van der Waals surface area contributed by atoms with Crippen LogP contribution in [0.25, 0.3) is 0 Å². The van der Waals surface area contributed by atoms with E-state index in [9.17, 15) is 4.79 Å². The van der Waals surface area contributed by atoms with E-state index >= 15 is 0 Å². The predicted octanol–water partition coefficient (Wildman–Crippen LogP) is 0.140. The quantitative estimate of drug-likeness (QED) is 0.769. The fourth-order valence-electron chi connectivity index (χ4n) is 1.30. The van der Waals surface area contributed by atoms with Gasteiger partial charge in [0.15, 0.2) is 5.84 Å². The van der Waals surface area contributed by atoms with Crippen molar-refractivity contribution in [3.05, 3.63) is 17.8 Å². The molecule has 6 heteroatoms. The molecule has 0 unspecified atom stereocenters. The number of carbonyl (C=O) groups excluding carboxylic acids is 1. The van der Waals surface area contributed by atoms with Crippen molar-refractivity contribution in [3.63, 3.8) is 0 Å². The van der Waals surface area contributed by atoms with Crippen molar-refractivity contribution in [2.45, 2.75) is 19.4 Å². The van der Waals surface area contributed by atoms with E-state index in [0.717, 1.165) is 0 Å². The van der Waals surface area contributed by atoms with Crippen molar-refractivity contribution in [2.24, 2.45) is 4.99 Å². The van der Waals surface area contributed by atoms with Gasteiger partial charge in [0.25, 0.3) is 5.91 Å². The average molecular weight is 220 g/mol. The predicted molar refractivity (Wildman–Crippen MR) is 57.3 cm³/mol. The highest BCUT2D eigenvalue weighted by Gasteiger charge is 2.35. The SMILES string of the molecule is COc1ccc(C2=NC(C)(C)C(=O)N2)nn1. The van der Waals surface area contributed by atoms with Crippen LogP contribution in [-0.4, -0.2) is 34.6 Å². The molecule has 0 aromatic carbocycles. The number of aliphatic imine (C=N–C) groups is 1. The first kappa shape index (κ1) is 10.5. The van der Waals surface area contributed by atoms with Crippen LogP contribution >= 0.6 is 0 Å². The fraction of sp³-hybridized carbons (Fsp3) is 0.400. The molecular weight excluding hydrogens is 208 g/mol. The summed E-state index contributed by atoms with van der Waals surface area (Å²) >= 11 is 0. The number of amidine groups is 1. The monoisotopic (exact) mass is 220 g/mol. The maximum Gasteiger partial charge on any atom is 0.252 e. The topological polar surface area (TPSA) is 76.5 Å². The minimum Gasteiger partial charge on any atom is -0.480 e. The number of carbonyl (C=O) groups is 1. The minimum atomic E-state index is -0.739. The number of rotatable bonds is 2. The van der Waals surface area contributed by atoms with Gasteiger partial charge in [0.2, 0.25) is 5.88 Å². The van der Waals surface area contributed by atoms with Crippen LogP contribution in [0.4, 0.5) is 0 Å². The second-order valence-corrected chi connectivity index (χ2v) is 3.93. The lowest BCUT2D eigenvalue weighted by Gasteiger charge is -2.07. The van der Waals surface area contributed by atoms with Crippen molar-refractivity contribution >= 4 is 11.7 Å². The van der Waals surface area contributed by atoms with Gasteiger partial charge in [-0.2, -0.15) is 0 Å². The molecule has 0 spiro atoms. The Morgan fingerprint density at radius 3 is 2.50 bits per heavy atom. The molecule has 6 nitrogen and oxygen atoms in total. The highest BCUT2D eigenvalue weighted by atomic mass is 16.5. The Morgan fingerprint density at radius 2 is 2.06 bits per heavy atom. The molecule has 1 aromatic rings. The Balaban J connectivity index is 2.29. The van der Waals surface area contributed by atoms with Crippen molar-refractivity contribution in [1.82, 2.24) is 15.5 Å². The molecule has 1 aliphatic heterocycles. The van der Waals surface area contributed by atoms with E-state index in [-0.39, 0.29) is 5.91 Å². The van der Waals surface area contributed by atoms with E-state index in [1.54, 1.807) is 26.0 Å². The van der Waals surface area contributed by atoms with Crippen LogP contribution in [0, 0.1) is 0 Å². The Labute approximate surface area is 92.7 Å². The Morgan fingerprint density at radius 1 is 1.31 bits per heavy atom. The maximum absolute atomic E-state index is 11.5. The Kier molecular flexibility index (Phi) is 2.34. The molecule has 0 fully saturated rings. The first-order valence-electron chi connectivity index (χ1n) is 4.82. The third-order valence-electron chi connectivity index (χ3n) is 2.27. The molecule has 16 heavy (non-hydrogen) atoms. The van der Waals surface area contributed by atoms with E-state index in [4.69, 9.17) is 4.74 Å². The summed E-state index contributed by atoms with van der Waals surface area (Å²) in [5.41, 5.74) is -0.212. The van der Waals surface area contributed by atoms with Crippen LogP contribution in [0.2, 0.25) is 0 Å². The summed E-state index contributed by atoms with van der Waals surface area (Å²) < 4.78 is 4.89. The van der Waals surface area contributed by atoms with Gasteiger partial charge in [-0.25, -0.2) is 0 Å². The average Bonchev–Trinajstić information content (AvgIpc) is 2.54. The zero-order valence-corrected chi connectivity index (χ0v) is 9.31. The van der Waals surface area contributed by atoms with E-state index in [1.165, 1.54) is 7.11 Å². The first-order valence-corrected chi connectivity index (χ1v) is 4.82. The highest BCUT2D eigenvalue weighted by molar-refractivity contribution is 6.14. The zero-order valence-electron chi connectivity index (χ0n) is 9.31. The van der Waals surface area contributed by atoms with Crippen molar-refractivity contribution in [1.29, 1.82) is 0 Å². The summed E-state index contributed by atoms with van der Waals surface area (Å²) in [6, 6.07) is 3.37. The Bertz CT molecular complexity index is 450. The first-order chi connectivity index (χ1) is 7.53. The summed E-state index contributed by atoms with van der Waals surface area (Å²) in [6.45, 7) is 3.48. The van der Waals surface area contributed by atoms with Crippen LogP contribution in [-0.2, 0) is 4.79 Å². The van der Waals surface area contributed by atoms with Gasteiger partial charge < -0.3 is 10.1 Å². The molecule has 2 heterocycles. The molecule has 0 aliphatic carbocycles. The minimum absolute atomic E-state index is 0.139. The fourth-order valence-corrected chi connectivity index (χ4v) is 1.30. The van der Waals surface area contributed by atoms with Crippen molar-refractivity contribution in [3.8, 4) is 5.88 Å². The summed E-state index contributed by atoms with van der Waals surface area (Å²) in [5.74, 6) is 0.734. The van der Waals surface area contributed by atoms with E-state index < -0.39 is 5.54 Å². The molecule has 0 bridgehead atoms. The van der Waals surface area contributed by atoms with E-state index in [1.807, 2.05) is 0 Å². The van der Waals surface area contributed by atoms with E-state index in [2.05, 4.69) is 20.5 Å². The summed E-state index contributed by atoms with van der Waals surface area (Å²) in [7, 11) is 1.52. The van der Waals surface area contributed by atoms with E-state index in [0.29, 0.717) is 17.4 Å². The zero-order chi connectivity index (χ0) is 11.8. The molecule has 1 aliphatic rings. The number of hydrogen-bond donors (Lipinski definition) is 1. The van der Waals surface area contributed by atoms with Crippen LogP contribution in [0.1, 0.15) is 19.5 Å². The third kappa shape index (κ3) is 1.73. The molecule has 1 N–H and O–H groups in total. The highest BCUT2D eigenvalue weighted by Crippen LogP contribution is 2.17. The smallest absolute Gasteiger partial charge is 0.252 e. The molecule has 84 valence electrons. The lowest BCUT2D eigenvalue weighted by molar-refractivity contribution is -0.122. The van der Waals surface area contributed by atoms with Gasteiger partial charge >= 0.3 is 0 Å². The summed E-state index contributed by atoms with van der Waals surface area (Å²) in [5, 5.41) is 10.4. The number of ether oxygens (including phenoxy) is 1. The number of amides is 1. The molecule has 0 saturated heterocycles. The molecule has 0 saturated carbocycles. The number of hydrogen-bond acceptors (Lipinski definition) is 5. The molecule has 1 aromatic heterocycles. The van der Waals surface area contributed by atoms with Gasteiger partial charge in [0.1, 0.15) is 11.2 Å². The van der Waals surface area contributed by atoms with Gasteiger partial charge in [0, 0.05) is 6.07 Å². The molecule has 1 amide bonds. The molecular formula is C10H12N4O2. The molecule has 0 atom stereocenters. The van der Waals surface area contributed by atoms with Crippen LogP contribution in [0.5, 0.6) is 5.88 Å². The summed E-state index contributed by atoms with van der Waals surface area (Å²) in [4.78, 5) is 15.7. The number of methoxy groups -OCH3 is 1. The Hall–Kier alpha value is -1.98. The normalized spacial score (nSPS) is 17.9. The number of nitrogens with one attached hydrogen (secondary N) is 1. The van der Waals surface area contributed by atoms with Gasteiger partial charge in [-0.3, -0.25) is 9.79 Å². The van der Waals surface area contributed by atoms with Crippen molar-refractivity contribution in [2.75, 3.05) is 7.11 Å². The summed E-state index contributed by atoms with van der Waals surface area (Å²) in [6.07, 6.45) is 0. The van der Waals surface area contributed by atoms with Gasteiger partial charge in [-0.1, -0.05) is 0 Å². The van der Waals surface area contributed by atoms with Crippen LogP contribution < -0.4 is 10.1 Å². The standard InChI is InChI=1S/C10H12N4O2/c1-10(2)9(15)11-8(12-10)6-4-5-7(16-3)14-13-6/h4-5H,1-3H3,(H,11,12,15). The molecule has 2 rings (SSSR count). The third-order valence-corrected chi connectivity index (χ3v) is 2.27. The van der Waals surface area contributed by atoms with Gasteiger partial charge in [-0.15, -0.1) is 10.2 Å². The lowest BCUT2D eigenvalue weighted by Crippen LogP contribution is -2.34. The van der Waals surface area contributed by atoms with Crippen LogP contribution in [0.3, 0.4) is 0 Å². The lowest BCUT2D eigenvalue weighted by atomic mass is 10.1. The van der Waals surface area contributed by atoms with Crippen molar-refractivity contribution < 1.29 is 9.53 Å². The number of nitrogens with zero attached hydrogens (tertiary/aromatic N) is 3. The van der Waals surface area contributed by atoms with Gasteiger partial charge in [0.05, 0.1) is 7.11 Å². The largest absolute Gasteiger partial charge is 0.480 e. The maximum atomic E-state index is 11.5. The van der Waals surface area contributed by atoms with Gasteiger partial charge in [-0.05, 0) is 19.9 Å².